The Hall–Kier alpha value is -1.03. The number of rotatable bonds is 1. The zero-order chi connectivity index (χ0) is 11.6. The number of aliphatic hydroxyl groups excluding tert-OH is 1. The Bertz CT molecular complexity index is 257. The van der Waals surface area contributed by atoms with Crippen LogP contribution >= 0.6 is 0 Å². The van der Waals surface area contributed by atoms with E-state index in [0.29, 0.717) is 13.1 Å². The number of carbonyl (C=O) groups excluding carboxylic acids is 1. The Kier molecular flexibility index (Phi) is 3.39. The number of ether oxygens (including phenoxy) is 1. The van der Waals surface area contributed by atoms with E-state index in [-0.39, 0.29) is 12.0 Å². The first-order valence-electron chi connectivity index (χ1n) is 5.12. The number of hydrogen-bond acceptors (Lipinski definition) is 3. The molecule has 1 fully saturated rings. The maximum absolute atomic E-state index is 11.6. The van der Waals surface area contributed by atoms with Gasteiger partial charge >= 0.3 is 6.09 Å². The minimum Gasteiger partial charge on any atom is -0.444 e. The van der Waals surface area contributed by atoms with Gasteiger partial charge in [0.15, 0.2) is 0 Å². The Balaban J connectivity index is 2.53. The molecule has 1 aliphatic rings. The van der Waals surface area contributed by atoms with Gasteiger partial charge in [0, 0.05) is 12.5 Å². The van der Waals surface area contributed by atoms with E-state index in [1.165, 1.54) is 4.90 Å². The van der Waals surface area contributed by atoms with Gasteiger partial charge in [-0.25, -0.2) is 4.79 Å². The van der Waals surface area contributed by atoms with Crippen LogP contribution in [0.25, 0.3) is 0 Å². The normalized spacial score (nSPS) is 26.5. The van der Waals surface area contributed by atoms with Crippen molar-refractivity contribution in [2.24, 2.45) is 5.92 Å². The lowest BCUT2D eigenvalue weighted by atomic mass is 10.1. The molecule has 0 saturated carbocycles. The molecule has 2 atom stereocenters. The molecule has 4 heteroatoms. The average Bonchev–Trinajstić information content (AvgIpc) is 2.43. The van der Waals surface area contributed by atoms with Crippen LogP contribution in [0, 0.1) is 5.92 Å². The number of hydrogen-bond donors (Lipinski definition) is 1. The van der Waals surface area contributed by atoms with E-state index < -0.39 is 11.7 Å². The molecule has 1 rings (SSSR count). The van der Waals surface area contributed by atoms with Crippen LogP contribution in [0.15, 0.2) is 12.7 Å². The highest BCUT2D eigenvalue weighted by Gasteiger charge is 2.34. The van der Waals surface area contributed by atoms with Crippen LogP contribution in [0.2, 0.25) is 0 Å². The monoisotopic (exact) mass is 213 g/mol. The molecular formula is C11H19NO3. The molecule has 1 N–H and O–H groups in total. The Labute approximate surface area is 90.5 Å². The van der Waals surface area contributed by atoms with Gasteiger partial charge in [0.25, 0.3) is 0 Å². The Morgan fingerprint density at radius 2 is 2.13 bits per heavy atom. The summed E-state index contributed by atoms with van der Waals surface area (Å²) in [5.74, 6) is -0.0440. The van der Waals surface area contributed by atoms with Crippen molar-refractivity contribution in [1.29, 1.82) is 0 Å². The molecule has 0 unspecified atom stereocenters. The van der Waals surface area contributed by atoms with E-state index in [9.17, 15) is 9.90 Å². The highest BCUT2D eigenvalue weighted by Crippen LogP contribution is 2.20. The van der Waals surface area contributed by atoms with E-state index >= 15 is 0 Å². The molecular weight excluding hydrogens is 194 g/mol. The molecule has 86 valence electrons. The lowest BCUT2D eigenvalue weighted by Gasteiger charge is -2.24. The Morgan fingerprint density at radius 1 is 1.53 bits per heavy atom. The van der Waals surface area contributed by atoms with Gasteiger partial charge < -0.3 is 14.7 Å². The molecule has 0 aliphatic carbocycles. The molecule has 0 spiro atoms. The van der Waals surface area contributed by atoms with E-state index in [4.69, 9.17) is 4.74 Å². The second kappa shape index (κ2) is 4.23. The summed E-state index contributed by atoms with van der Waals surface area (Å²) in [6, 6.07) is 0. The third kappa shape index (κ3) is 3.23. The van der Waals surface area contributed by atoms with Gasteiger partial charge in [-0.3, -0.25) is 0 Å². The first-order chi connectivity index (χ1) is 6.83. The van der Waals surface area contributed by atoms with Crippen LogP contribution in [-0.4, -0.2) is 40.9 Å². The van der Waals surface area contributed by atoms with E-state index in [0.717, 1.165) is 0 Å². The van der Waals surface area contributed by atoms with Crippen molar-refractivity contribution in [2.45, 2.75) is 32.5 Å². The summed E-state index contributed by atoms with van der Waals surface area (Å²) in [5, 5.41) is 9.59. The van der Waals surface area contributed by atoms with Crippen molar-refractivity contribution in [3.8, 4) is 0 Å². The predicted octanol–water partition coefficient (Wildman–Crippen LogP) is 1.40. The Morgan fingerprint density at radius 3 is 2.53 bits per heavy atom. The van der Waals surface area contributed by atoms with Gasteiger partial charge in [-0.1, -0.05) is 6.08 Å². The fourth-order valence-electron chi connectivity index (χ4n) is 1.52. The molecule has 4 nitrogen and oxygen atoms in total. The van der Waals surface area contributed by atoms with Crippen molar-refractivity contribution in [3.05, 3.63) is 12.7 Å². The number of carbonyl (C=O) groups is 1. The largest absolute Gasteiger partial charge is 0.444 e. The van der Waals surface area contributed by atoms with Gasteiger partial charge in [0.2, 0.25) is 0 Å². The molecule has 15 heavy (non-hydrogen) atoms. The summed E-state index contributed by atoms with van der Waals surface area (Å²) in [4.78, 5) is 13.1. The van der Waals surface area contributed by atoms with Crippen molar-refractivity contribution in [3.63, 3.8) is 0 Å². The predicted molar refractivity (Wildman–Crippen MR) is 57.5 cm³/mol. The summed E-state index contributed by atoms with van der Waals surface area (Å²) in [6.45, 7) is 9.90. The first kappa shape index (κ1) is 12.0. The standard InChI is InChI=1S/C11H19NO3/c1-5-8-6-12(7-9(8)13)10(14)15-11(2,3)4/h5,8-9,13H,1,6-7H2,2-4H3/t8-,9+/m0/s1. The lowest BCUT2D eigenvalue weighted by Crippen LogP contribution is -2.35. The van der Waals surface area contributed by atoms with Crippen LogP contribution in [-0.2, 0) is 4.74 Å². The molecule has 0 aromatic rings. The molecule has 1 amide bonds. The van der Waals surface area contributed by atoms with Crippen molar-refractivity contribution in [1.82, 2.24) is 4.90 Å². The maximum atomic E-state index is 11.6. The maximum Gasteiger partial charge on any atom is 0.410 e. The fourth-order valence-corrected chi connectivity index (χ4v) is 1.52. The second-order valence-corrected chi connectivity index (χ2v) is 4.85. The van der Waals surface area contributed by atoms with Crippen LogP contribution in [0.1, 0.15) is 20.8 Å². The highest BCUT2D eigenvalue weighted by atomic mass is 16.6. The topological polar surface area (TPSA) is 49.8 Å². The molecule has 0 bridgehead atoms. The minimum absolute atomic E-state index is 0.0440. The summed E-state index contributed by atoms with van der Waals surface area (Å²) in [5.41, 5.74) is -0.492. The minimum atomic E-state index is -0.519. The molecule has 1 saturated heterocycles. The molecule has 0 radical (unpaired) electrons. The van der Waals surface area contributed by atoms with Gasteiger partial charge in [0.1, 0.15) is 5.60 Å². The van der Waals surface area contributed by atoms with Crippen LogP contribution in [0.4, 0.5) is 4.79 Å². The van der Waals surface area contributed by atoms with Gasteiger partial charge in [-0.05, 0) is 20.8 Å². The number of β-amino-alcohol motifs (C(OH)–C–C–N with tert-alkyl or cyclic N) is 1. The van der Waals surface area contributed by atoms with Crippen molar-refractivity contribution < 1.29 is 14.6 Å². The highest BCUT2D eigenvalue weighted by molar-refractivity contribution is 5.68. The van der Waals surface area contributed by atoms with Crippen LogP contribution in [0.3, 0.4) is 0 Å². The van der Waals surface area contributed by atoms with Crippen LogP contribution < -0.4 is 0 Å². The average molecular weight is 213 g/mol. The van der Waals surface area contributed by atoms with Crippen molar-refractivity contribution >= 4 is 6.09 Å². The summed E-state index contributed by atoms with van der Waals surface area (Å²) in [6.07, 6.45) is 0.788. The SMILES string of the molecule is C=C[C@H]1CN(C(=O)OC(C)(C)C)C[C@H]1O. The quantitative estimate of drug-likeness (QED) is 0.670. The number of likely N-dealkylation sites (tertiary alicyclic amines) is 1. The number of aliphatic hydroxyl groups is 1. The van der Waals surface area contributed by atoms with E-state index in [2.05, 4.69) is 6.58 Å². The molecule has 1 heterocycles. The zero-order valence-corrected chi connectivity index (χ0v) is 9.56. The van der Waals surface area contributed by atoms with Crippen molar-refractivity contribution in [2.75, 3.05) is 13.1 Å². The summed E-state index contributed by atoms with van der Waals surface area (Å²) in [7, 11) is 0. The van der Waals surface area contributed by atoms with E-state index in [1.807, 2.05) is 20.8 Å². The van der Waals surface area contributed by atoms with E-state index in [1.54, 1.807) is 6.08 Å². The molecule has 1 aliphatic heterocycles. The third-order valence-corrected chi connectivity index (χ3v) is 2.29. The molecule has 0 aromatic carbocycles. The fraction of sp³-hybridized carbons (Fsp3) is 0.727. The first-order valence-corrected chi connectivity index (χ1v) is 5.12. The second-order valence-electron chi connectivity index (χ2n) is 4.85. The lowest BCUT2D eigenvalue weighted by molar-refractivity contribution is 0.0270. The number of nitrogens with zero attached hydrogens (tertiary/aromatic N) is 1. The number of amides is 1. The zero-order valence-electron chi connectivity index (χ0n) is 9.56. The summed E-state index contributed by atoms with van der Waals surface area (Å²) >= 11 is 0. The van der Waals surface area contributed by atoms with Gasteiger partial charge in [0.05, 0.1) is 12.6 Å². The van der Waals surface area contributed by atoms with Gasteiger partial charge in [-0.15, -0.1) is 6.58 Å². The van der Waals surface area contributed by atoms with Crippen LogP contribution in [0.5, 0.6) is 0 Å². The summed E-state index contributed by atoms with van der Waals surface area (Å²) < 4.78 is 5.20. The molecule has 0 aromatic heterocycles. The third-order valence-electron chi connectivity index (χ3n) is 2.29. The van der Waals surface area contributed by atoms with Gasteiger partial charge in [-0.2, -0.15) is 0 Å². The smallest absolute Gasteiger partial charge is 0.410 e.